The van der Waals surface area contributed by atoms with Crippen LogP contribution in [-0.4, -0.2) is 6.29 Å². The molecule has 1 nitrogen and oxygen atoms in total. The molecule has 148 valence electrons. The summed E-state index contributed by atoms with van der Waals surface area (Å²) in [5.74, 6) is 0. The molecule has 4 aromatic rings. The lowest BCUT2D eigenvalue weighted by atomic mass is 10.0. The van der Waals surface area contributed by atoms with Gasteiger partial charge in [0.1, 0.15) is 0 Å². The van der Waals surface area contributed by atoms with E-state index < -0.39 is 12.9 Å². The fourth-order valence-electron chi connectivity index (χ4n) is 3.05. The third-order valence-corrected chi connectivity index (χ3v) is 5.37. The Bertz CT molecular complexity index is 1160. The molecule has 4 rings (SSSR count). The summed E-state index contributed by atoms with van der Waals surface area (Å²) in [4.78, 5) is 10.8. The monoisotopic (exact) mass is 462 g/mol. The van der Waals surface area contributed by atoms with Crippen molar-refractivity contribution in [3.05, 3.63) is 94.0 Å². The molecule has 0 atom stereocenters. The molecule has 6 heteroatoms. The van der Waals surface area contributed by atoms with Gasteiger partial charge in [-0.25, -0.2) is 17.6 Å². The molecule has 29 heavy (non-hydrogen) atoms. The summed E-state index contributed by atoms with van der Waals surface area (Å²) in [5, 5.41) is 3.16. The molecule has 0 fully saturated rings. The highest BCUT2D eigenvalue weighted by Crippen LogP contribution is 2.33. The number of aldehydes is 1. The van der Waals surface area contributed by atoms with Gasteiger partial charge in [0.2, 0.25) is 0 Å². The molecule has 0 saturated heterocycles. The van der Waals surface area contributed by atoms with Gasteiger partial charge in [-0.1, -0.05) is 72.8 Å². The predicted octanol–water partition coefficient (Wildman–Crippen LogP) is 8.13. The second kappa shape index (κ2) is 9.18. The largest absolute Gasteiger partial charge is 0.298 e. The van der Waals surface area contributed by atoms with Crippen molar-refractivity contribution in [3.63, 3.8) is 0 Å². The zero-order valence-electron chi connectivity index (χ0n) is 15.0. The minimum Gasteiger partial charge on any atom is -0.298 e. The van der Waals surface area contributed by atoms with Crippen molar-refractivity contribution in [1.82, 2.24) is 0 Å². The summed E-state index contributed by atoms with van der Waals surface area (Å²) in [7, 11) is 0. The topological polar surface area (TPSA) is 17.1 Å². The summed E-state index contributed by atoms with van der Waals surface area (Å²) < 4.78 is 50.7. The maximum atomic E-state index is 12.6. The predicted molar refractivity (Wildman–Crippen MR) is 111 cm³/mol. The normalized spacial score (nSPS) is 11.0. The average molecular weight is 463 g/mol. The highest BCUT2D eigenvalue weighted by molar-refractivity contribution is 9.10. The number of carbonyl (C=O) groups excluding carboxylic acids is 1. The Morgan fingerprint density at radius 1 is 0.655 bits per heavy atom. The van der Waals surface area contributed by atoms with Gasteiger partial charge in [0.15, 0.2) is 6.29 Å². The number of benzene rings is 4. The molecule has 0 aliphatic carbocycles. The molecule has 0 bridgehead atoms. The summed E-state index contributed by atoms with van der Waals surface area (Å²) >= 11 is 3.20. The van der Waals surface area contributed by atoms with Crippen molar-refractivity contribution in [2.45, 2.75) is 12.9 Å². The standard InChI is InChI=1S/C12H8F2O.C11H7BrF2/c13-12(14)10-6-5-8-3-1-2-4-9(8)11(10)7-15;12-10-8-4-2-1-3-7(8)5-6-9(10)11(13)14/h1-7,12H;1-6,11H. The van der Waals surface area contributed by atoms with E-state index in [1.807, 2.05) is 24.3 Å². The van der Waals surface area contributed by atoms with Gasteiger partial charge in [0.25, 0.3) is 12.9 Å². The van der Waals surface area contributed by atoms with E-state index >= 15 is 0 Å². The third kappa shape index (κ3) is 4.48. The quantitative estimate of drug-likeness (QED) is 0.222. The Morgan fingerprint density at radius 3 is 1.69 bits per heavy atom. The van der Waals surface area contributed by atoms with E-state index in [0.717, 1.165) is 16.2 Å². The molecule has 0 heterocycles. The summed E-state index contributed by atoms with van der Waals surface area (Å²) in [6.07, 6.45) is -4.56. The SMILES string of the molecule is FC(F)c1ccc2ccccc2c1Br.O=Cc1c(C(F)F)ccc2ccccc12. The summed E-state index contributed by atoms with van der Waals surface area (Å²) in [5.41, 5.74) is -0.0736. The summed E-state index contributed by atoms with van der Waals surface area (Å²) in [6.45, 7) is 0. The van der Waals surface area contributed by atoms with Gasteiger partial charge in [-0.15, -0.1) is 0 Å². The van der Waals surface area contributed by atoms with Crippen LogP contribution in [-0.2, 0) is 0 Å². The Kier molecular flexibility index (Phi) is 6.64. The fraction of sp³-hybridized carbons (Fsp3) is 0.0870. The van der Waals surface area contributed by atoms with Gasteiger partial charge in [0.05, 0.1) is 0 Å². The van der Waals surface area contributed by atoms with E-state index in [1.54, 1.807) is 36.4 Å². The smallest absolute Gasteiger partial charge is 0.264 e. The number of carbonyl (C=O) groups is 1. The molecular formula is C23H15BrF4O. The van der Waals surface area contributed by atoms with Crippen LogP contribution in [0.2, 0.25) is 0 Å². The van der Waals surface area contributed by atoms with Gasteiger partial charge >= 0.3 is 0 Å². The number of hydrogen-bond donors (Lipinski definition) is 0. The summed E-state index contributed by atoms with van der Waals surface area (Å²) in [6, 6.07) is 20.5. The highest BCUT2D eigenvalue weighted by atomic mass is 79.9. The first-order valence-electron chi connectivity index (χ1n) is 8.64. The van der Waals surface area contributed by atoms with Gasteiger partial charge in [-0.05, 0) is 37.5 Å². The lowest BCUT2D eigenvalue weighted by Gasteiger charge is -2.06. The van der Waals surface area contributed by atoms with Crippen LogP contribution in [0.4, 0.5) is 17.6 Å². The van der Waals surface area contributed by atoms with Gasteiger partial charge in [-0.3, -0.25) is 4.79 Å². The van der Waals surface area contributed by atoms with Crippen LogP contribution in [0.25, 0.3) is 21.5 Å². The van der Waals surface area contributed by atoms with Gasteiger partial charge < -0.3 is 0 Å². The van der Waals surface area contributed by atoms with Crippen LogP contribution in [0, 0.1) is 0 Å². The van der Waals surface area contributed by atoms with Crippen LogP contribution in [0.5, 0.6) is 0 Å². The van der Waals surface area contributed by atoms with Crippen molar-refractivity contribution in [1.29, 1.82) is 0 Å². The number of alkyl halides is 4. The van der Waals surface area contributed by atoms with Gasteiger partial charge in [-0.2, -0.15) is 0 Å². The molecule has 0 amide bonds. The molecule has 0 saturated carbocycles. The Labute approximate surface area is 173 Å². The zero-order valence-corrected chi connectivity index (χ0v) is 16.5. The van der Waals surface area contributed by atoms with Crippen LogP contribution < -0.4 is 0 Å². The third-order valence-electron chi connectivity index (χ3n) is 4.49. The van der Waals surface area contributed by atoms with Crippen molar-refractivity contribution in [2.24, 2.45) is 0 Å². The van der Waals surface area contributed by atoms with Crippen molar-refractivity contribution < 1.29 is 22.4 Å². The molecule has 0 aliphatic heterocycles. The van der Waals surface area contributed by atoms with Crippen molar-refractivity contribution in [3.8, 4) is 0 Å². The maximum absolute atomic E-state index is 12.6. The minimum absolute atomic E-state index is 0.0451. The fourth-order valence-corrected chi connectivity index (χ4v) is 3.72. The first kappa shape index (κ1) is 21.0. The van der Waals surface area contributed by atoms with E-state index in [4.69, 9.17) is 0 Å². The molecule has 0 N–H and O–H groups in total. The number of hydrogen-bond acceptors (Lipinski definition) is 1. The average Bonchev–Trinajstić information content (AvgIpc) is 2.73. The van der Waals surface area contributed by atoms with Gasteiger partial charge in [0, 0.05) is 21.2 Å². The van der Waals surface area contributed by atoms with E-state index in [1.165, 1.54) is 12.1 Å². The van der Waals surface area contributed by atoms with Crippen molar-refractivity contribution >= 4 is 43.8 Å². The van der Waals surface area contributed by atoms with Crippen molar-refractivity contribution in [2.75, 3.05) is 0 Å². The lowest BCUT2D eigenvalue weighted by molar-refractivity contribution is 0.110. The molecule has 4 aromatic carbocycles. The second-order valence-electron chi connectivity index (χ2n) is 6.20. The van der Waals surface area contributed by atoms with E-state index in [2.05, 4.69) is 15.9 Å². The van der Waals surface area contributed by atoms with Crippen LogP contribution in [0.3, 0.4) is 0 Å². The second-order valence-corrected chi connectivity index (χ2v) is 6.99. The lowest BCUT2D eigenvalue weighted by Crippen LogP contribution is -1.94. The molecule has 0 radical (unpaired) electrons. The molecule has 0 spiro atoms. The van der Waals surface area contributed by atoms with Crippen LogP contribution in [0.15, 0.2) is 77.3 Å². The maximum Gasteiger partial charge on any atom is 0.264 e. The molecular weight excluding hydrogens is 448 g/mol. The van der Waals surface area contributed by atoms with Crippen LogP contribution >= 0.6 is 15.9 Å². The number of rotatable bonds is 3. The Morgan fingerprint density at radius 2 is 1.14 bits per heavy atom. The molecule has 0 aliphatic rings. The van der Waals surface area contributed by atoms with E-state index in [0.29, 0.717) is 16.1 Å². The first-order chi connectivity index (χ1) is 13.9. The van der Waals surface area contributed by atoms with Crippen LogP contribution in [0.1, 0.15) is 34.3 Å². The minimum atomic E-state index is -2.62. The highest BCUT2D eigenvalue weighted by Gasteiger charge is 2.14. The van der Waals surface area contributed by atoms with E-state index in [-0.39, 0.29) is 16.7 Å². The van der Waals surface area contributed by atoms with E-state index in [9.17, 15) is 22.4 Å². The number of halogens is 5. The Balaban J connectivity index is 0.000000166. The molecule has 0 unspecified atom stereocenters. The zero-order chi connectivity index (χ0) is 21.0. The number of fused-ring (bicyclic) bond motifs is 2. The Hall–Kier alpha value is -2.73. The molecule has 0 aromatic heterocycles. The first-order valence-corrected chi connectivity index (χ1v) is 9.43.